The van der Waals surface area contributed by atoms with Crippen LogP contribution >= 0.6 is 0 Å². The molecule has 2 heterocycles. The van der Waals surface area contributed by atoms with Gasteiger partial charge in [-0.05, 0) is 73.3 Å². The second kappa shape index (κ2) is 8.62. The number of rotatable bonds is 6. The Labute approximate surface area is 172 Å². The Kier molecular flexibility index (Phi) is 5.76. The van der Waals surface area contributed by atoms with Crippen molar-refractivity contribution in [2.75, 3.05) is 24.5 Å². The molecule has 1 N–H and O–H groups in total. The van der Waals surface area contributed by atoms with Gasteiger partial charge >= 0.3 is 0 Å². The zero-order valence-corrected chi connectivity index (χ0v) is 16.7. The van der Waals surface area contributed by atoms with Crippen molar-refractivity contribution in [3.63, 3.8) is 0 Å². The van der Waals surface area contributed by atoms with Gasteiger partial charge in [0.05, 0.1) is 0 Å². The van der Waals surface area contributed by atoms with E-state index < -0.39 is 0 Å². The number of hydrogen-bond donors (Lipinski definition) is 1. The van der Waals surface area contributed by atoms with E-state index in [-0.39, 0.29) is 11.8 Å². The normalized spacial score (nSPS) is 15.9. The molecule has 2 aromatic carbocycles. The smallest absolute Gasteiger partial charge is 0.258 e. The molecule has 2 aromatic rings. The maximum absolute atomic E-state index is 13.1. The first kappa shape index (κ1) is 19.4. The second-order valence-electron chi connectivity index (χ2n) is 7.72. The molecule has 4 rings (SSSR count). The SMILES string of the molecule is C=CC(=O)NCc1ccc(C(=O)N2CCc3c(CN4CCCC4)cccc32)cc1. The monoisotopic (exact) mass is 389 g/mol. The lowest BCUT2D eigenvalue weighted by atomic mass is 10.0. The fraction of sp³-hybridized carbons (Fsp3) is 0.333. The van der Waals surface area contributed by atoms with Crippen molar-refractivity contribution in [2.24, 2.45) is 0 Å². The number of likely N-dealkylation sites (tertiary alicyclic amines) is 1. The van der Waals surface area contributed by atoms with Crippen LogP contribution in [0, 0.1) is 0 Å². The van der Waals surface area contributed by atoms with Gasteiger partial charge in [0.15, 0.2) is 0 Å². The van der Waals surface area contributed by atoms with Crippen molar-refractivity contribution >= 4 is 17.5 Å². The largest absolute Gasteiger partial charge is 0.348 e. The molecule has 5 heteroatoms. The lowest BCUT2D eigenvalue weighted by Crippen LogP contribution is -2.29. The molecular weight excluding hydrogens is 362 g/mol. The predicted octanol–water partition coefficient (Wildman–Crippen LogP) is 3.29. The fourth-order valence-electron chi connectivity index (χ4n) is 4.23. The minimum Gasteiger partial charge on any atom is -0.348 e. The van der Waals surface area contributed by atoms with E-state index in [1.807, 2.05) is 29.2 Å². The van der Waals surface area contributed by atoms with Crippen molar-refractivity contribution in [2.45, 2.75) is 32.4 Å². The zero-order valence-electron chi connectivity index (χ0n) is 16.7. The van der Waals surface area contributed by atoms with Crippen molar-refractivity contribution in [3.8, 4) is 0 Å². The zero-order chi connectivity index (χ0) is 20.2. The number of carbonyl (C=O) groups is 2. The van der Waals surface area contributed by atoms with Gasteiger partial charge in [-0.1, -0.05) is 30.8 Å². The van der Waals surface area contributed by atoms with Crippen LogP contribution in [-0.4, -0.2) is 36.3 Å². The topological polar surface area (TPSA) is 52.7 Å². The van der Waals surface area contributed by atoms with Crippen LogP contribution in [0.2, 0.25) is 0 Å². The third kappa shape index (κ3) is 4.25. The Morgan fingerprint density at radius 1 is 1.03 bits per heavy atom. The summed E-state index contributed by atoms with van der Waals surface area (Å²) < 4.78 is 0. The quantitative estimate of drug-likeness (QED) is 0.772. The van der Waals surface area contributed by atoms with Crippen molar-refractivity contribution in [3.05, 3.63) is 77.4 Å². The number of benzene rings is 2. The molecule has 2 aliphatic heterocycles. The Bertz CT molecular complexity index is 914. The number of hydrogen-bond acceptors (Lipinski definition) is 3. The predicted molar refractivity (Wildman–Crippen MR) is 115 cm³/mol. The van der Waals surface area contributed by atoms with Crippen LogP contribution in [0.4, 0.5) is 5.69 Å². The summed E-state index contributed by atoms with van der Waals surface area (Å²) in [6.07, 6.45) is 4.73. The van der Waals surface area contributed by atoms with E-state index in [1.54, 1.807) is 0 Å². The minimum absolute atomic E-state index is 0.0312. The number of anilines is 1. The molecule has 0 saturated carbocycles. The summed E-state index contributed by atoms with van der Waals surface area (Å²) in [4.78, 5) is 28.8. The molecule has 1 saturated heterocycles. The van der Waals surface area contributed by atoms with Crippen molar-refractivity contribution < 1.29 is 9.59 Å². The van der Waals surface area contributed by atoms with E-state index in [4.69, 9.17) is 0 Å². The first-order chi connectivity index (χ1) is 14.2. The highest BCUT2D eigenvalue weighted by Gasteiger charge is 2.27. The number of carbonyl (C=O) groups excluding carboxylic acids is 2. The van der Waals surface area contributed by atoms with E-state index >= 15 is 0 Å². The molecule has 0 atom stereocenters. The van der Waals surface area contributed by atoms with E-state index in [9.17, 15) is 9.59 Å². The molecule has 0 radical (unpaired) electrons. The molecule has 2 aliphatic rings. The Balaban J connectivity index is 1.47. The Hall–Kier alpha value is -2.92. The van der Waals surface area contributed by atoms with Crippen LogP contribution in [0.1, 0.15) is 39.9 Å². The third-order valence-electron chi connectivity index (χ3n) is 5.82. The minimum atomic E-state index is -0.205. The highest BCUT2D eigenvalue weighted by Crippen LogP contribution is 2.33. The third-order valence-corrected chi connectivity index (χ3v) is 5.82. The molecule has 1 fully saturated rings. The van der Waals surface area contributed by atoms with Gasteiger partial charge < -0.3 is 10.2 Å². The molecule has 150 valence electrons. The standard InChI is InChI=1S/C24H27N3O2/c1-2-23(28)25-16-18-8-10-19(11-9-18)24(29)27-15-12-21-20(6-5-7-22(21)27)17-26-13-3-4-14-26/h2,5-11H,1,3-4,12-17H2,(H,25,28). The fourth-order valence-corrected chi connectivity index (χ4v) is 4.23. The van der Waals surface area contributed by atoms with Gasteiger partial charge in [0.2, 0.25) is 5.91 Å². The van der Waals surface area contributed by atoms with Crippen LogP contribution in [0.25, 0.3) is 0 Å². The summed E-state index contributed by atoms with van der Waals surface area (Å²) in [7, 11) is 0. The lowest BCUT2D eigenvalue weighted by Gasteiger charge is -2.20. The Morgan fingerprint density at radius 2 is 1.79 bits per heavy atom. The number of fused-ring (bicyclic) bond motifs is 1. The van der Waals surface area contributed by atoms with Gasteiger partial charge in [-0.15, -0.1) is 0 Å². The van der Waals surface area contributed by atoms with Gasteiger partial charge in [0, 0.05) is 30.9 Å². The van der Waals surface area contributed by atoms with E-state index in [0.29, 0.717) is 12.1 Å². The average molecular weight is 389 g/mol. The van der Waals surface area contributed by atoms with E-state index in [1.165, 1.54) is 43.1 Å². The van der Waals surface area contributed by atoms with E-state index in [0.717, 1.165) is 30.8 Å². The molecule has 0 aliphatic carbocycles. The molecule has 2 amide bonds. The Morgan fingerprint density at radius 3 is 2.52 bits per heavy atom. The van der Waals surface area contributed by atoms with Crippen LogP contribution in [0.15, 0.2) is 55.1 Å². The summed E-state index contributed by atoms with van der Waals surface area (Å²) >= 11 is 0. The van der Waals surface area contributed by atoms with Gasteiger partial charge in [0.1, 0.15) is 0 Å². The summed E-state index contributed by atoms with van der Waals surface area (Å²) in [6, 6.07) is 13.8. The molecule has 0 spiro atoms. The van der Waals surface area contributed by atoms with Gasteiger partial charge in [-0.3, -0.25) is 14.5 Å². The second-order valence-corrected chi connectivity index (χ2v) is 7.72. The number of amides is 2. The maximum atomic E-state index is 13.1. The number of nitrogens with one attached hydrogen (secondary N) is 1. The van der Waals surface area contributed by atoms with Crippen LogP contribution in [0.5, 0.6) is 0 Å². The summed E-state index contributed by atoms with van der Waals surface area (Å²) in [5.41, 5.74) is 5.34. The molecule has 29 heavy (non-hydrogen) atoms. The molecular formula is C24H27N3O2. The molecule has 0 unspecified atom stereocenters. The van der Waals surface area contributed by atoms with Crippen molar-refractivity contribution in [1.82, 2.24) is 10.2 Å². The van der Waals surface area contributed by atoms with Crippen LogP contribution in [0.3, 0.4) is 0 Å². The van der Waals surface area contributed by atoms with E-state index in [2.05, 4.69) is 35.0 Å². The van der Waals surface area contributed by atoms with Gasteiger partial charge in [0.25, 0.3) is 5.91 Å². The summed E-state index contributed by atoms with van der Waals surface area (Å²) in [5, 5.41) is 2.74. The van der Waals surface area contributed by atoms with Gasteiger partial charge in [-0.25, -0.2) is 0 Å². The number of nitrogens with zero attached hydrogens (tertiary/aromatic N) is 2. The van der Waals surface area contributed by atoms with Crippen molar-refractivity contribution in [1.29, 1.82) is 0 Å². The first-order valence-electron chi connectivity index (χ1n) is 10.3. The van der Waals surface area contributed by atoms with Gasteiger partial charge in [-0.2, -0.15) is 0 Å². The molecule has 0 bridgehead atoms. The average Bonchev–Trinajstić information content (AvgIpc) is 3.42. The summed E-state index contributed by atoms with van der Waals surface area (Å²) in [6.45, 7) is 7.92. The highest BCUT2D eigenvalue weighted by molar-refractivity contribution is 6.07. The summed E-state index contributed by atoms with van der Waals surface area (Å²) in [5.74, 6) is -0.174. The maximum Gasteiger partial charge on any atom is 0.258 e. The van der Waals surface area contributed by atoms with Crippen LogP contribution < -0.4 is 10.2 Å². The molecule has 0 aromatic heterocycles. The van der Waals surface area contributed by atoms with Crippen LogP contribution in [-0.2, 0) is 24.3 Å². The lowest BCUT2D eigenvalue weighted by molar-refractivity contribution is -0.116. The first-order valence-corrected chi connectivity index (χ1v) is 10.3. The molecule has 5 nitrogen and oxygen atoms in total. The highest BCUT2D eigenvalue weighted by atomic mass is 16.2.